The number of hydrogen-bond acceptors (Lipinski definition) is 2. The van der Waals surface area contributed by atoms with Crippen LogP contribution >= 0.6 is 0 Å². The minimum atomic E-state index is -4.82. The standard InChI is InChI=1S/C6H8F4N2O2/c1-2(3(11)13)12-5(14)6(9,10)4(7)8/h2,4H,1H3,(H2,11,13)(H,12,14). The van der Waals surface area contributed by atoms with Gasteiger partial charge < -0.3 is 11.1 Å². The fourth-order valence-corrected chi connectivity index (χ4v) is 0.463. The van der Waals surface area contributed by atoms with Gasteiger partial charge >= 0.3 is 12.3 Å². The Labute approximate surface area is 76.4 Å². The van der Waals surface area contributed by atoms with E-state index in [1.54, 1.807) is 0 Å². The lowest BCUT2D eigenvalue weighted by molar-refractivity contribution is -0.170. The zero-order valence-corrected chi connectivity index (χ0v) is 7.06. The summed E-state index contributed by atoms with van der Waals surface area (Å²) in [4.78, 5) is 20.8. The second-order valence-corrected chi connectivity index (χ2v) is 2.52. The molecule has 0 aromatic carbocycles. The number of primary amides is 1. The molecule has 4 nitrogen and oxygen atoms in total. The average Bonchev–Trinajstić information content (AvgIpc) is 2.03. The SMILES string of the molecule is CC(NC(=O)C(F)(F)C(F)F)C(N)=O. The van der Waals surface area contributed by atoms with Crippen LogP contribution in [0, 0.1) is 0 Å². The van der Waals surface area contributed by atoms with E-state index in [1.165, 1.54) is 5.32 Å². The van der Waals surface area contributed by atoms with Crippen LogP contribution in [0.5, 0.6) is 0 Å². The number of nitrogens with two attached hydrogens (primary N) is 1. The van der Waals surface area contributed by atoms with E-state index in [2.05, 4.69) is 5.73 Å². The molecule has 1 unspecified atom stereocenters. The van der Waals surface area contributed by atoms with Gasteiger partial charge in [-0.3, -0.25) is 9.59 Å². The molecule has 0 radical (unpaired) electrons. The Balaban J connectivity index is 4.42. The molecule has 2 amide bonds. The Morgan fingerprint density at radius 3 is 2.07 bits per heavy atom. The minimum absolute atomic E-state index is 1.00. The number of halogens is 4. The number of carbonyl (C=O) groups is 2. The van der Waals surface area contributed by atoms with E-state index in [4.69, 9.17) is 0 Å². The van der Waals surface area contributed by atoms with Crippen molar-refractivity contribution in [1.82, 2.24) is 5.32 Å². The van der Waals surface area contributed by atoms with E-state index in [9.17, 15) is 27.2 Å². The van der Waals surface area contributed by atoms with Crippen molar-refractivity contribution in [3.8, 4) is 0 Å². The Hall–Kier alpha value is -1.34. The molecule has 3 N–H and O–H groups in total. The van der Waals surface area contributed by atoms with Crippen LogP contribution in [-0.2, 0) is 9.59 Å². The molecule has 0 bridgehead atoms. The van der Waals surface area contributed by atoms with Crippen molar-refractivity contribution in [3.63, 3.8) is 0 Å². The second-order valence-electron chi connectivity index (χ2n) is 2.52. The van der Waals surface area contributed by atoms with E-state index in [0.29, 0.717) is 0 Å². The maximum Gasteiger partial charge on any atom is 0.383 e. The summed E-state index contributed by atoms with van der Waals surface area (Å²) >= 11 is 0. The summed E-state index contributed by atoms with van der Waals surface area (Å²) in [7, 11) is 0. The zero-order chi connectivity index (χ0) is 11.5. The normalized spacial score (nSPS) is 13.9. The maximum absolute atomic E-state index is 12.2. The number of hydrogen-bond donors (Lipinski definition) is 2. The van der Waals surface area contributed by atoms with Crippen LogP contribution in [0.25, 0.3) is 0 Å². The first kappa shape index (κ1) is 12.7. The van der Waals surface area contributed by atoms with Gasteiger partial charge in [0.05, 0.1) is 0 Å². The van der Waals surface area contributed by atoms with E-state index < -0.39 is 30.2 Å². The maximum atomic E-state index is 12.2. The van der Waals surface area contributed by atoms with Crippen LogP contribution in [0.1, 0.15) is 6.92 Å². The highest BCUT2D eigenvalue weighted by Gasteiger charge is 2.49. The summed E-state index contributed by atoms with van der Waals surface area (Å²) in [6, 6.07) is -1.42. The predicted molar refractivity (Wildman–Crippen MR) is 37.8 cm³/mol. The van der Waals surface area contributed by atoms with Gasteiger partial charge in [-0.05, 0) is 6.92 Å². The van der Waals surface area contributed by atoms with Gasteiger partial charge in [-0.1, -0.05) is 0 Å². The topological polar surface area (TPSA) is 72.2 Å². The molecule has 0 rings (SSSR count). The van der Waals surface area contributed by atoms with Crippen LogP contribution in [0.2, 0.25) is 0 Å². The molecule has 0 fully saturated rings. The number of nitrogens with one attached hydrogen (secondary N) is 1. The molecule has 1 atom stereocenters. The predicted octanol–water partition coefficient (Wildman–Crippen LogP) is -0.123. The fourth-order valence-electron chi connectivity index (χ4n) is 0.463. The third-order valence-corrected chi connectivity index (χ3v) is 1.35. The van der Waals surface area contributed by atoms with Gasteiger partial charge in [0.25, 0.3) is 5.91 Å². The van der Waals surface area contributed by atoms with E-state index in [0.717, 1.165) is 6.92 Å². The zero-order valence-electron chi connectivity index (χ0n) is 7.06. The molecule has 0 saturated heterocycles. The highest BCUT2D eigenvalue weighted by Crippen LogP contribution is 2.22. The lowest BCUT2D eigenvalue weighted by Crippen LogP contribution is -2.51. The Morgan fingerprint density at radius 1 is 1.36 bits per heavy atom. The quantitative estimate of drug-likeness (QED) is 0.643. The largest absolute Gasteiger partial charge is 0.383 e. The molecule has 0 aromatic heterocycles. The van der Waals surface area contributed by atoms with Gasteiger partial charge in [-0.15, -0.1) is 0 Å². The first-order valence-corrected chi connectivity index (χ1v) is 3.45. The smallest absolute Gasteiger partial charge is 0.368 e. The highest BCUT2D eigenvalue weighted by molar-refractivity contribution is 5.89. The van der Waals surface area contributed by atoms with Crippen LogP contribution in [-0.4, -0.2) is 30.2 Å². The molecular formula is C6H8F4N2O2. The third kappa shape index (κ3) is 2.86. The van der Waals surface area contributed by atoms with E-state index >= 15 is 0 Å². The van der Waals surface area contributed by atoms with Crippen LogP contribution in [0.15, 0.2) is 0 Å². The molecule has 0 heterocycles. The van der Waals surface area contributed by atoms with Crippen LogP contribution in [0.3, 0.4) is 0 Å². The number of amides is 2. The molecular weight excluding hydrogens is 208 g/mol. The summed E-state index contributed by atoms with van der Waals surface area (Å²) < 4.78 is 47.7. The van der Waals surface area contributed by atoms with Gasteiger partial charge in [-0.2, -0.15) is 8.78 Å². The van der Waals surface area contributed by atoms with Crippen molar-refractivity contribution in [2.75, 3.05) is 0 Å². The van der Waals surface area contributed by atoms with Gasteiger partial charge in [-0.25, -0.2) is 8.78 Å². The van der Waals surface area contributed by atoms with Crippen molar-refractivity contribution in [2.45, 2.75) is 25.3 Å². The first-order chi connectivity index (χ1) is 6.19. The number of alkyl halides is 4. The highest BCUT2D eigenvalue weighted by atomic mass is 19.3. The van der Waals surface area contributed by atoms with Gasteiger partial charge in [0.2, 0.25) is 5.91 Å². The average molecular weight is 216 g/mol. The molecule has 14 heavy (non-hydrogen) atoms. The van der Waals surface area contributed by atoms with E-state index in [1.807, 2.05) is 0 Å². The summed E-state index contributed by atoms with van der Waals surface area (Å²) in [5.74, 6) is -8.13. The summed E-state index contributed by atoms with van der Waals surface area (Å²) in [6.07, 6.45) is -4.12. The Morgan fingerprint density at radius 2 is 1.79 bits per heavy atom. The Kier molecular flexibility index (Phi) is 3.84. The summed E-state index contributed by atoms with van der Waals surface area (Å²) in [6.45, 7) is 1.00. The van der Waals surface area contributed by atoms with Crippen molar-refractivity contribution in [2.24, 2.45) is 5.73 Å². The lowest BCUT2D eigenvalue weighted by Gasteiger charge is -2.17. The van der Waals surface area contributed by atoms with Crippen molar-refractivity contribution in [1.29, 1.82) is 0 Å². The third-order valence-electron chi connectivity index (χ3n) is 1.35. The fraction of sp³-hybridized carbons (Fsp3) is 0.667. The molecule has 0 aliphatic rings. The van der Waals surface area contributed by atoms with Gasteiger partial charge in [0.1, 0.15) is 6.04 Å². The number of rotatable bonds is 4. The van der Waals surface area contributed by atoms with Crippen molar-refractivity contribution < 1.29 is 27.2 Å². The molecule has 0 aromatic rings. The summed E-state index contributed by atoms with van der Waals surface area (Å²) in [5, 5.41) is 1.36. The molecule has 0 spiro atoms. The minimum Gasteiger partial charge on any atom is -0.368 e. The Bertz CT molecular complexity index is 244. The molecule has 0 aliphatic heterocycles. The van der Waals surface area contributed by atoms with Gasteiger partial charge in [0, 0.05) is 0 Å². The first-order valence-electron chi connectivity index (χ1n) is 3.45. The van der Waals surface area contributed by atoms with Crippen LogP contribution in [0.4, 0.5) is 17.6 Å². The molecule has 0 saturated carbocycles. The summed E-state index contributed by atoms with van der Waals surface area (Å²) in [5.41, 5.74) is 4.62. The van der Waals surface area contributed by atoms with Crippen molar-refractivity contribution >= 4 is 11.8 Å². The van der Waals surface area contributed by atoms with E-state index in [-0.39, 0.29) is 0 Å². The monoisotopic (exact) mass is 216 g/mol. The lowest BCUT2D eigenvalue weighted by atomic mass is 10.2. The van der Waals surface area contributed by atoms with Crippen molar-refractivity contribution in [3.05, 3.63) is 0 Å². The van der Waals surface area contributed by atoms with Crippen LogP contribution < -0.4 is 11.1 Å². The molecule has 8 heteroatoms. The number of carbonyl (C=O) groups excluding carboxylic acids is 2. The molecule has 0 aliphatic carbocycles. The second kappa shape index (κ2) is 4.25. The van der Waals surface area contributed by atoms with Gasteiger partial charge in [0.15, 0.2) is 0 Å². The molecule has 82 valence electrons.